The van der Waals surface area contributed by atoms with Gasteiger partial charge in [0.15, 0.2) is 0 Å². The number of carboxylic acids is 1. The van der Waals surface area contributed by atoms with Crippen molar-refractivity contribution in [1.29, 1.82) is 0 Å². The molecule has 0 aliphatic carbocycles. The summed E-state index contributed by atoms with van der Waals surface area (Å²) < 4.78 is 13.0. The number of hydrogen-bond acceptors (Lipinski definition) is 4. The zero-order valence-corrected chi connectivity index (χ0v) is 9.95. The fourth-order valence-electron chi connectivity index (χ4n) is 2.24. The molecule has 20 heavy (non-hydrogen) atoms. The first-order chi connectivity index (χ1) is 8.82. The summed E-state index contributed by atoms with van der Waals surface area (Å²) in [6.07, 6.45) is -1.11. The first-order valence-electron chi connectivity index (χ1n) is 5.44. The van der Waals surface area contributed by atoms with Crippen LogP contribution >= 0.6 is 0 Å². The topological polar surface area (TPSA) is 113 Å². The van der Waals surface area contributed by atoms with Crippen LogP contribution in [0, 0.1) is 0 Å². The van der Waals surface area contributed by atoms with Gasteiger partial charge < -0.3 is 15.7 Å². The van der Waals surface area contributed by atoms with Crippen LogP contribution in [0.15, 0.2) is 11.6 Å². The Labute approximate surface area is 125 Å². The maximum atomic E-state index is 13.0. The van der Waals surface area contributed by atoms with E-state index in [9.17, 15) is 18.8 Å². The fraction of sp³-hybridized carbons (Fsp3) is 0.500. The van der Waals surface area contributed by atoms with Crippen LogP contribution in [0.2, 0.25) is 0 Å². The second kappa shape index (κ2) is 5.83. The third kappa shape index (κ3) is 2.65. The molecule has 2 aliphatic rings. The number of carboxylic acid groups (broad SMARTS) is 1. The zero-order chi connectivity index (χ0) is 14.3. The number of hydroxylamine groups is 2. The molecule has 3 N–H and O–H groups in total. The van der Waals surface area contributed by atoms with Crippen molar-refractivity contribution in [3.05, 3.63) is 11.6 Å². The maximum absolute atomic E-state index is 13.0. The summed E-state index contributed by atoms with van der Waals surface area (Å²) in [4.78, 5) is 39.2. The van der Waals surface area contributed by atoms with Crippen LogP contribution < -0.4 is 5.73 Å². The second-order valence-electron chi connectivity index (χ2n) is 4.30. The summed E-state index contributed by atoms with van der Waals surface area (Å²) in [7, 11) is 0. The number of aliphatic carboxylic acids is 1. The van der Waals surface area contributed by atoms with E-state index in [0.717, 1.165) is 4.90 Å². The molecule has 1 saturated heterocycles. The number of urea groups is 1. The molecule has 0 aromatic carbocycles. The quantitative estimate of drug-likeness (QED) is 0.484. The van der Waals surface area contributed by atoms with E-state index in [1.807, 2.05) is 0 Å². The summed E-state index contributed by atoms with van der Waals surface area (Å²) in [6, 6.07) is -2.34. The van der Waals surface area contributed by atoms with Crippen LogP contribution in [0.1, 0.15) is 6.92 Å². The molecular weight excluding hydrogens is 268 g/mol. The van der Waals surface area contributed by atoms with Crippen LogP contribution in [0.25, 0.3) is 0 Å². The Morgan fingerprint density at radius 2 is 2.20 bits per heavy atom. The van der Waals surface area contributed by atoms with E-state index in [-0.39, 0.29) is 25.4 Å². The number of primary amides is 1. The molecule has 2 heterocycles. The van der Waals surface area contributed by atoms with Crippen molar-refractivity contribution in [2.75, 3.05) is 6.54 Å². The Balaban J connectivity index is 0.00000200. The van der Waals surface area contributed by atoms with Crippen LogP contribution in [0.5, 0.6) is 0 Å². The molecule has 0 aromatic heterocycles. The van der Waals surface area contributed by atoms with E-state index in [1.54, 1.807) is 6.92 Å². The number of carbonyl (C=O) groups excluding carboxylic acids is 2. The fourth-order valence-corrected chi connectivity index (χ4v) is 2.24. The Kier molecular flexibility index (Phi) is 4.80. The standard InChI is InChI=1S/C10H12FN3O5.Li.H/c1-4-2-5-3-13(6(4)8(12)15)10(18)14(5)19-7(11)9(16)17;;/h2,5-7H,3H2,1H3,(H2,12,15)(H,16,17);;/t5-,6+,7?;;/m1../s1. The number of amides is 3. The van der Waals surface area contributed by atoms with Gasteiger partial charge in [-0.3, -0.25) is 4.79 Å². The van der Waals surface area contributed by atoms with Gasteiger partial charge >= 0.3 is 37.2 Å². The van der Waals surface area contributed by atoms with Crippen molar-refractivity contribution in [3.8, 4) is 0 Å². The Morgan fingerprint density at radius 3 is 2.70 bits per heavy atom. The summed E-state index contributed by atoms with van der Waals surface area (Å²) >= 11 is 0. The molecule has 0 spiro atoms. The number of hydrogen-bond donors (Lipinski definition) is 2. The van der Waals surface area contributed by atoms with Crippen LogP contribution in [-0.4, -0.2) is 76.8 Å². The minimum absolute atomic E-state index is 0. The second-order valence-corrected chi connectivity index (χ2v) is 4.30. The molecule has 2 aliphatic heterocycles. The molecule has 8 nitrogen and oxygen atoms in total. The van der Waals surface area contributed by atoms with E-state index >= 15 is 0 Å². The number of halogens is 1. The molecule has 1 fully saturated rings. The predicted molar refractivity (Wildman–Crippen MR) is 65.2 cm³/mol. The minimum atomic E-state index is -2.65. The van der Waals surface area contributed by atoms with Gasteiger partial charge in [0.05, 0.1) is 12.6 Å². The average molecular weight is 281 g/mol. The van der Waals surface area contributed by atoms with Crippen LogP contribution in [0.4, 0.5) is 9.18 Å². The van der Waals surface area contributed by atoms with Gasteiger partial charge in [0.2, 0.25) is 5.91 Å². The van der Waals surface area contributed by atoms with Gasteiger partial charge in [0.25, 0.3) is 0 Å². The summed E-state index contributed by atoms with van der Waals surface area (Å²) in [6.45, 7) is 1.70. The van der Waals surface area contributed by atoms with Gasteiger partial charge in [-0.2, -0.15) is 5.06 Å². The summed E-state index contributed by atoms with van der Waals surface area (Å²) in [5.74, 6) is -2.55. The molecule has 10 heteroatoms. The normalized spacial score (nSPS) is 25.9. The predicted octanol–water partition coefficient (Wildman–Crippen LogP) is -1.43. The number of fused-ring (bicyclic) bond motifs is 2. The molecule has 0 radical (unpaired) electrons. The number of rotatable bonds is 4. The Bertz CT molecular complexity index is 486. The average Bonchev–Trinajstić information content (AvgIpc) is 2.54. The van der Waals surface area contributed by atoms with Crippen molar-refractivity contribution in [2.45, 2.75) is 25.4 Å². The monoisotopic (exact) mass is 281 g/mol. The molecule has 1 unspecified atom stereocenters. The molecular formula is C10H13FLiN3O5. The van der Waals surface area contributed by atoms with Gasteiger partial charge in [-0.05, 0) is 12.5 Å². The van der Waals surface area contributed by atoms with E-state index in [2.05, 4.69) is 4.84 Å². The van der Waals surface area contributed by atoms with Gasteiger partial charge in [-0.1, -0.05) is 6.08 Å². The molecule has 0 saturated carbocycles. The molecule has 3 atom stereocenters. The van der Waals surface area contributed by atoms with Gasteiger partial charge in [0, 0.05) is 0 Å². The van der Waals surface area contributed by atoms with Gasteiger partial charge in [0.1, 0.15) is 6.04 Å². The van der Waals surface area contributed by atoms with Gasteiger partial charge in [-0.25, -0.2) is 18.8 Å². The van der Waals surface area contributed by atoms with Crippen molar-refractivity contribution < 1.29 is 28.7 Å². The molecule has 106 valence electrons. The number of alkyl halides is 1. The van der Waals surface area contributed by atoms with Crippen molar-refractivity contribution >= 4 is 36.8 Å². The zero-order valence-electron chi connectivity index (χ0n) is 9.95. The number of carbonyl (C=O) groups is 3. The van der Waals surface area contributed by atoms with E-state index < -0.39 is 36.3 Å². The van der Waals surface area contributed by atoms with E-state index in [1.165, 1.54) is 6.08 Å². The third-order valence-electron chi connectivity index (χ3n) is 2.99. The van der Waals surface area contributed by atoms with Crippen molar-refractivity contribution in [2.24, 2.45) is 5.73 Å². The summed E-state index contributed by atoms with van der Waals surface area (Å²) in [5.41, 5.74) is 5.73. The SMILES string of the molecule is CC1=C[C@@H]2CN(C(=O)N2OC(F)C(=O)O)[C@@H]1C(N)=O.[LiH]. The third-order valence-corrected chi connectivity index (χ3v) is 2.99. The van der Waals surface area contributed by atoms with E-state index in [0.29, 0.717) is 10.6 Å². The Morgan fingerprint density at radius 1 is 1.60 bits per heavy atom. The molecule has 3 amide bonds. The van der Waals surface area contributed by atoms with E-state index in [4.69, 9.17) is 10.8 Å². The Hall–Kier alpha value is -1.56. The summed E-state index contributed by atoms with van der Waals surface area (Å²) in [5, 5.41) is 9.04. The van der Waals surface area contributed by atoms with Crippen molar-refractivity contribution in [3.63, 3.8) is 0 Å². The van der Waals surface area contributed by atoms with Crippen LogP contribution in [0.3, 0.4) is 0 Å². The number of nitrogens with zero attached hydrogens (tertiary/aromatic N) is 2. The van der Waals surface area contributed by atoms with Gasteiger partial charge in [-0.15, -0.1) is 0 Å². The molecule has 0 aromatic rings. The first kappa shape index (κ1) is 16.5. The molecule has 2 bridgehead atoms. The van der Waals surface area contributed by atoms with Crippen molar-refractivity contribution in [1.82, 2.24) is 9.96 Å². The number of nitrogens with two attached hydrogens (primary N) is 1. The van der Waals surface area contributed by atoms with Crippen LogP contribution in [-0.2, 0) is 14.4 Å². The first-order valence-corrected chi connectivity index (χ1v) is 5.44. The molecule has 2 rings (SSSR count).